The van der Waals surface area contributed by atoms with E-state index in [-0.39, 0.29) is 11.8 Å². The van der Waals surface area contributed by atoms with Crippen LogP contribution in [0.3, 0.4) is 0 Å². The first-order chi connectivity index (χ1) is 14.1. The molecule has 1 saturated heterocycles. The fourth-order valence-corrected chi connectivity index (χ4v) is 3.10. The molecule has 1 N–H and O–H groups in total. The number of hydrogen-bond donors (Lipinski definition) is 1. The molecule has 4 rings (SSSR count). The van der Waals surface area contributed by atoms with Gasteiger partial charge in [0.2, 0.25) is 5.88 Å². The minimum Gasteiger partial charge on any atom is -0.472 e. The summed E-state index contributed by atoms with van der Waals surface area (Å²) in [5, 5.41) is 24.0. The molecule has 0 spiro atoms. The van der Waals surface area contributed by atoms with Gasteiger partial charge in [0, 0.05) is 42.7 Å². The van der Waals surface area contributed by atoms with Crippen molar-refractivity contribution in [3.05, 3.63) is 63.8 Å². The number of non-ortho nitro benzene ring substituents is 1. The number of benzene rings is 1. The van der Waals surface area contributed by atoms with Gasteiger partial charge in [-0.15, -0.1) is 0 Å². The largest absolute Gasteiger partial charge is 0.472 e. The Labute approximate surface area is 166 Å². The molecule has 0 amide bonds. The van der Waals surface area contributed by atoms with Gasteiger partial charge in [0.15, 0.2) is 0 Å². The standard InChI is InChI=1S/C20H17N5O4/c21-10-14-8-19(24-18-2-1-15(25(26)27)9-17(14)18)23-11-13-3-5-22-20(7-13)29-16-4-6-28-12-16/h1-3,5,7-9,16H,4,6,11-12H2,(H,23,24). The summed E-state index contributed by atoms with van der Waals surface area (Å²) in [6.07, 6.45) is 2.55. The van der Waals surface area contributed by atoms with Crippen LogP contribution in [0.2, 0.25) is 0 Å². The molecule has 1 aliphatic heterocycles. The molecule has 1 aliphatic rings. The second kappa shape index (κ2) is 8.08. The first kappa shape index (κ1) is 18.6. The van der Waals surface area contributed by atoms with Gasteiger partial charge in [-0.25, -0.2) is 9.97 Å². The lowest BCUT2D eigenvalue weighted by Crippen LogP contribution is -2.16. The second-order valence-electron chi connectivity index (χ2n) is 6.58. The average Bonchev–Trinajstić information content (AvgIpc) is 3.24. The van der Waals surface area contributed by atoms with Crippen LogP contribution in [0.25, 0.3) is 10.9 Å². The van der Waals surface area contributed by atoms with Gasteiger partial charge in [0.25, 0.3) is 5.69 Å². The van der Waals surface area contributed by atoms with Crippen LogP contribution in [0.5, 0.6) is 5.88 Å². The number of nitrogens with one attached hydrogen (secondary N) is 1. The molecule has 1 unspecified atom stereocenters. The van der Waals surface area contributed by atoms with E-state index in [9.17, 15) is 15.4 Å². The van der Waals surface area contributed by atoms with Crippen molar-refractivity contribution in [1.29, 1.82) is 5.26 Å². The number of nitrogens with zero attached hydrogens (tertiary/aromatic N) is 4. The number of aromatic nitrogens is 2. The molecular weight excluding hydrogens is 374 g/mol. The summed E-state index contributed by atoms with van der Waals surface area (Å²) in [7, 11) is 0. The van der Waals surface area contributed by atoms with Crippen LogP contribution in [0.15, 0.2) is 42.6 Å². The van der Waals surface area contributed by atoms with Crippen molar-refractivity contribution in [2.45, 2.75) is 19.1 Å². The second-order valence-corrected chi connectivity index (χ2v) is 6.58. The maximum atomic E-state index is 11.0. The summed E-state index contributed by atoms with van der Waals surface area (Å²) in [6.45, 7) is 1.72. The molecular formula is C20H17N5O4. The van der Waals surface area contributed by atoms with Gasteiger partial charge in [-0.3, -0.25) is 10.1 Å². The van der Waals surface area contributed by atoms with E-state index in [1.807, 2.05) is 12.1 Å². The van der Waals surface area contributed by atoms with Crippen molar-refractivity contribution in [2.75, 3.05) is 18.5 Å². The number of nitro benzene ring substituents is 1. The van der Waals surface area contributed by atoms with Crippen molar-refractivity contribution in [3.8, 4) is 11.9 Å². The number of nitro groups is 1. The quantitative estimate of drug-likeness (QED) is 0.502. The highest BCUT2D eigenvalue weighted by Gasteiger charge is 2.18. The zero-order valence-electron chi connectivity index (χ0n) is 15.4. The third-order valence-corrected chi connectivity index (χ3v) is 4.57. The number of nitriles is 1. The number of rotatable bonds is 6. The van der Waals surface area contributed by atoms with Crippen molar-refractivity contribution in [2.24, 2.45) is 0 Å². The third kappa shape index (κ3) is 4.23. The van der Waals surface area contributed by atoms with Crippen LogP contribution in [-0.2, 0) is 11.3 Å². The topological polar surface area (TPSA) is 123 Å². The summed E-state index contributed by atoms with van der Waals surface area (Å²) >= 11 is 0. The van der Waals surface area contributed by atoms with Gasteiger partial charge in [0.1, 0.15) is 11.9 Å². The molecule has 0 aliphatic carbocycles. The van der Waals surface area contributed by atoms with Gasteiger partial charge in [0.05, 0.1) is 35.3 Å². The monoisotopic (exact) mass is 391 g/mol. The summed E-state index contributed by atoms with van der Waals surface area (Å²) in [4.78, 5) is 19.2. The lowest BCUT2D eigenvalue weighted by atomic mass is 10.1. The Morgan fingerprint density at radius 2 is 2.24 bits per heavy atom. The Bertz CT molecular complexity index is 1110. The van der Waals surface area contributed by atoms with Crippen LogP contribution in [0.1, 0.15) is 17.5 Å². The predicted octanol–water partition coefficient (Wildman–Crippen LogP) is 3.19. The van der Waals surface area contributed by atoms with E-state index >= 15 is 0 Å². The molecule has 29 heavy (non-hydrogen) atoms. The van der Waals surface area contributed by atoms with E-state index in [0.29, 0.717) is 47.9 Å². The molecule has 2 aromatic heterocycles. The molecule has 0 radical (unpaired) electrons. The molecule has 0 saturated carbocycles. The number of anilines is 1. The number of hydrogen-bond acceptors (Lipinski definition) is 8. The van der Waals surface area contributed by atoms with Crippen LogP contribution >= 0.6 is 0 Å². The van der Waals surface area contributed by atoms with E-state index in [1.54, 1.807) is 18.3 Å². The summed E-state index contributed by atoms with van der Waals surface area (Å²) in [5.74, 6) is 1.04. The predicted molar refractivity (Wildman–Crippen MR) is 105 cm³/mol. The highest BCUT2D eigenvalue weighted by Crippen LogP contribution is 2.25. The summed E-state index contributed by atoms with van der Waals surface area (Å²) < 4.78 is 11.1. The molecule has 1 atom stereocenters. The molecule has 1 aromatic carbocycles. The minimum atomic E-state index is -0.493. The Morgan fingerprint density at radius 3 is 3.00 bits per heavy atom. The smallest absolute Gasteiger partial charge is 0.270 e. The van der Waals surface area contributed by atoms with E-state index < -0.39 is 4.92 Å². The first-order valence-electron chi connectivity index (χ1n) is 9.05. The van der Waals surface area contributed by atoms with E-state index in [2.05, 4.69) is 21.4 Å². The Balaban J connectivity index is 1.51. The van der Waals surface area contributed by atoms with Crippen molar-refractivity contribution in [3.63, 3.8) is 0 Å². The number of pyridine rings is 2. The van der Waals surface area contributed by atoms with Crippen LogP contribution in [-0.4, -0.2) is 34.2 Å². The van der Waals surface area contributed by atoms with Gasteiger partial charge < -0.3 is 14.8 Å². The maximum absolute atomic E-state index is 11.0. The molecule has 3 aromatic rings. The lowest BCUT2D eigenvalue weighted by Gasteiger charge is -2.12. The zero-order valence-corrected chi connectivity index (χ0v) is 15.4. The molecule has 3 heterocycles. The zero-order chi connectivity index (χ0) is 20.2. The van der Waals surface area contributed by atoms with Crippen molar-refractivity contribution in [1.82, 2.24) is 9.97 Å². The fourth-order valence-electron chi connectivity index (χ4n) is 3.10. The van der Waals surface area contributed by atoms with Crippen molar-refractivity contribution < 1.29 is 14.4 Å². The molecule has 1 fully saturated rings. The van der Waals surface area contributed by atoms with E-state index in [0.717, 1.165) is 12.0 Å². The molecule has 9 heteroatoms. The Kier molecular flexibility index (Phi) is 5.18. The van der Waals surface area contributed by atoms with E-state index in [4.69, 9.17) is 9.47 Å². The van der Waals surface area contributed by atoms with Gasteiger partial charge in [-0.05, 0) is 23.8 Å². The number of fused-ring (bicyclic) bond motifs is 1. The summed E-state index contributed by atoms with van der Waals surface area (Å²) in [6, 6.07) is 11.7. The molecule has 146 valence electrons. The summed E-state index contributed by atoms with van der Waals surface area (Å²) in [5.41, 5.74) is 1.70. The highest BCUT2D eigenvalue weighted by molar-refractivity contribution is 5.88. The minimum absolute atomic E-state index is 0.0232. The molecule has 0 bridgehead atoms. The van der Waals surface area contributed by atoms with Crippen LogP contribution in [0.4, 0.5) is 11.5 Å². The highest BCUT2D eigenvalue weighted by atomic mass is 16.6. The van der Waals surface area contributed by atoms with Gasteiger partial charge in [-0.1, -0.05) is 0 Å². The normalized spacial score (nSPS) is 15.8. The average molecular weight is 391 g/mol. The number of ether oxygens (including phenoxy) is 2. The third-order valence-electron chi connectivity index (χ3n) is 4.57. The SMILES string of the molecule is N#Cc1cc(NCc2ccnc(OC3CCOC3)c2)nc2ccc([N+](=O)[O-])cc12. The fraction of sp³-hybridized carbons (Fsp3) is 0.250. The lowest BCUT2D eigenvalue weighted by molar-refractivity contribution is -0.384. The molecule has 9 nitrogen and oxygen atoms in total. The van der Waals surface area contributed by atoms with Crippen LogP contribution in [0, 0.1) is 21.4 Å². The van der Waals surface area contributed by atoms with Gasteiger partial charge >= 0.3 is 0 Å². The Hall–Kier alpha value is -3.77. The van der Waals surface area contributed by atoms with Crippen LogP contribution < -0.4 is 10.1 Å². The first-order valence-corrected chi connectivity index (χ1v) is 9.05. The van der Waals surface area contributed by atoms with Crippen molar-refractivity contribution >= 4 is 22.4 Å². The maximum Gasteiger partial charge on any atom is 0.270 e. The Morgan fingerprint density at radius 1 is 1.34 bits per heavy atom. The van der Waals surface area contributed by atoms with Gasteiger partial charge in [-0.2, -0.15) is 5.26 Å². The van der Waals surface area contributed by atoms with E-state index in [1.165, 1.54) is 12.1 Å².